The number of ether oxygens (including phenoxy) is 3. The summed E-state index contributed by atoms with van der Waals surface area (Å²) < 4.78 is 21.3. The second-order valence-electron chi connectivity index (χ2n) is 4.73. The molecule has 0 aliphatic carbocycles. The summed E-state index contributed by atoms with van der Waals surface area (Å²) in [6.07, 6.45) is 0. The molecule has 0 unspecified atom stereocenters. The van der Waals surface area contributed by atoms with Crippen LogP contribution >= 0.6 is 0 Å². The highest BCUT2D eigenvalue weighted by Gasteiger charge is 2.21. The van der Waals surface area contributed by atoms with Crippen molar-refractivity contribution in [3.8, 4) is 17.2 Å². The highest BCUT2D eigenvalue weighted by atomic mass is 16.5. The van der Waals surface area contributed by atoms with Crippen molar-refractivity contribution in [3.63, 3.8) is 0 Å². The van der Waals surface area contributed by atoms with Crippen LogP contribution in [0.15, 0.2) is 40.8 Å². The van der Waals surface area contributed by atoms with Gasteiger partial charge in [0.05, 0.1) is 21.3 Å². The molecule has 0 saturated carbocycles. The monoisotopic (exact) mass is 313 g/mol. The van der Waals surface area contributed by atoms with Gasteiger partial charge in [0.1, 0.15) is 5.52 Å². The van der Waals surface area contributed by atoms with Crippen LogP contribution in [0.1, 0.15) is 16.2 Å². The molecule has 23 heavy (non-hydrogen) atoms. The molecule has 0 atom stereocenters. The quantitative estimate of drug-likeness (QED) is 0.674. The summed E-state index contributed by atoms with van der Waals surface area (Å²) in [5, 5.41) is 0. The number of carbonyl (C=O) groups excluding carboxylic acids is 1. The Balaban J connectivity index is 2.08. The molecule has 1 aromatic heterocycles. The first-order valence-electron chi connectivity index (χ1n) is 6.88. The highest BCUT2D eigenvalue weighted by molar-refractivity contribution is 6.07. The molecule has 0 spiro atoms. The number of aromatic nitrogens is 1. The summed E-state index contributed by atoms with van der Waals surface area (Å²) in [5.74, 6) is 0.864. The van der Waals surface area contributed by atoms with E-state index in [0.29, 0.717) is 33.9 Å². The minimum atomic E-state index is -0.361. The third kappa shape index (κ3) is 2.59. The van der Waals surface area contributed by atoms with Crippen LogP contribution in [0.4, 0.5) is 0 Å². The summed E-state index contributed by atoms with van der Waals surface area (Å²) in [7, 11) is 4.48. The van der Waals surface area contributed by atoms with Crippen LogP contribution in [0.3, 0.4) is 0 Å². The Hall–Kier alpha value is -3.02. The number of carbonyl (C=O) groups is 1. The molecule has 0 aliphatic heterocycles. The predicted octanol–water partition coefficient (Wildman–Crippen LogP) is 3.08. The topological polar surface area (TPSA) is 70.8 Å². The average Bonchev–Trinajstić information content (AvgIpc) is 3.03. The molecule has 2 aromatic carbocycles. The SMILES string of the molecule is COc1cc(C(=O)c2nc3ccccc3o2)cc(OC)c1OC. The molecule has 0 amide bonds. The van der Waals surface area contributed by atoms with Gasteiger partial charge in [0.2, 0.25) is 11.5 Å². The van der Waals surface area contributed by atoms with Crippen LogP contribution in [0.2, 0.25) is 0 Å². The van der Waals surface area contributed by atoms with E-state index in [-0.39, 0.29) is 11.7 Å². The van der Waals surface area contributed by atoms with Crippen molar-refractivity contribution >= 4 is 16.9 Å². The van der Waals surface area contributed by atoms with Gasteiger partial charge in [-0.15, -0.1) is 0 Å². The minimum Gasteiger partial charge on any atom is -0.493 e. The number of nitrogens with zero attached hydrogens (tertiary/aromatic N) is 1. The largest absolute Gasteiger partial charge is 0.493 e. The van der Waals surface area contributed by atoms with E-state index in [1.165, 1.54) is 21.3 Å². The Morgan fingerprint density at radius 1 is 1.00 bits per heavy atom. The van der Waals surface area contributed by atoms with Gasteiger partial charge in [0, 0.05) is 5.56 Å². The van der Waals surface area contributed by atoms with Crippen LogP contribution < -0.4 is 14.2 Å². The molecule has 0 fully saturated rings. The number of benzene rings is 2. The zero-order valence-corrected chi connectivity index (χ0v) is 13.0. The minimum absolute atomic E-state index is 0.0143. The Labute approximate surface area is 132 Å². The van der Waals surface area contributed by atoms with Crippen LogP contribution in [-0.2, 0) is 0 Å². The van der Waals surface area contributed by atoms with Gasteiger partial charge in [0.15, 0.2) is 17.1 Å². The first kappa shape index (κ1) is 14.9. The van der Waals surface area contributed by atoms with E-state index in [1.807, 2.05) is 12.1 Å². The number of oxazole rings is 1. The zero-order valence-electron chi connectivity index (χ0n) is 13.0. The molecule has 3 aromatic rings. The molecular weight excluding hydrogens is 298 g/mol. The van der Waals surface area contributed by atoms with E-state index < -0.39 is 0 Å². The summed E-state index contributed by atoms with van der Waals surface area (Å²) >= 11 is 0. The van der Waals surface area contributed by atoms with Gasteiger partial charge in [-0.25, -0.2) is 4.98 Å². The van der Waals surface area contributed by atoms with E-state index in [9.17, 15) is 4.79 Å². The van der Waals surface area contributed by atoms with Crippen molar-refractivity contribution in [2.24, 2.45) is 0 Å². The van der Waals surface area contributed by atoms with Crippen molar-refractivity contribution in [1.29, 1.82) is 0 Å². The lowest BCUT2D eigenvalue weighted by Crippen LogP contribution is -2.04. The lowest BCUT2D eigenvalue weighted by atomic mass is 10.1. The second-order valence-corrected chi connectivity index (χ2v) is 4.73. The van der Waals surface area contributed by atoms with E-state index in [1.54, 1.807) is 24.3 Å². The fourth-order valence-electron chi connectivity index (χ4n) is 2.30. The van der Waals surface area contributed by atoms with Gasteiger partial charge in [-0.05, 0) is 24.3 Å². The van der Waals surface area contributed by atoms with Gasteiger partial charge in [-0.3, -0.25) is 4.79 Å². The van der Waals surface area contributed by atoms with Gasteiger partial charge in [0.25, 0.3) is 5.89 Å². The number of hydrogen-bond acceptors (Lipinski definition) is 6. The Kier molecular flexibility index (Phi) is 3.89. The van der Waals surface area contributed by atoms with Crippen LogP contribution in [-0.4, -0.2) is 32.1 Å². The summed E-state index contributed by atoms with van der Waals surface area (Å²) in [6.45, 7) is 0. The predicted molar refractivity (Wildman–Crippen MR) is 83.5 cm³/mol. The maximum absolute atomic E-state index is 12.6. The van der Waals surface area contributed by atoms with Crippen LogP contribution in [0, 0.1) is 0 Å². The fourth-order valence-corrected chi connectivity index (χ4v) is 2.30. The molecular formula is C17H15NO5. The summed E-state index contributed by atoms with van der Waals surface area (Å²) in [5.41, 5.74) is 1.53. The van der Waals surface area contributed by atoms with Crippen LogP contribution in [0.25, 0.3) is 11.1 Å². The van der Waals surface area contributed by atoms with Crippen molar-refractivity contribution in [1.82, 2.24) is 4.98 Å². The third-order valence-electron chi connectivity index (χ3n) is 3.42. The number of hydrogen-bond donors (Lipinski definition) is 0. The number of para-hydroxylation sites is 2. The smallest absolute Gasteiger partial charge is 0.269 e. The lowest BCUT2D eigenvalue weighted by Gasteiger charge is -2.13. The van der Waals surface area contributed by atoms with E-state index in [2.05, 4.69) is 4.98 Å². The summed E-state index contributed by atoms with van der Waals surface area (Å²) in [6, 6.07) is 10.3. The van der Waals surface area contributed by atoms with E-state index >= 15 is 0 Å². The lowest BCUT2D eigenvalue weighted by molar-refractivity contribution is 0.100. The molecule has 1 heterocycles. The van der Waals surface area contributed by atoms with Gasteiger partial charge >= 0.3 is 0 Å². The van der Waals surface area contributed by atoms with Crippen molar-refractivity contribution < 1.29 is 23.4 Å². The van der Waals surface area contributed by atoms with Gasteiger partial charge in [-0.2, -0.15) is 0 Å². The second kappa shape index (κ2) is 6.00. The fraction of sp³-hybridized carbons (Fsp3) is 0.176. The molecule has 6 heteroatoms. The molecule has 0 bridgehead atoms. The maximum Gasteiger partial charge on any atom is 0.269 e. The summed E-state index contributed by atoms with van der Waals surface area (Å²) in [4.78, 5) is 16.9. The van der Waals surface area contributed by atoms with Gasteiger partial charge in [-0.1, -0.05) is 12.1 Å². The number of methoxy groups -OCH3 is 3. The standard InChI is InChI=1S/C17H15NO5/c1-20-13-8-10(9-14(21-2)16(13)22-3)15(19)17-18-11-6-4-5-7-12(11)23-17/h4-9H,1-3H3. The molecule has 6 nitrogen and oxygen atoms in total. The van der Waals surface area contributed by atoms with E-state index in [4.69, 9.17) is 18.6 Å². The molecule has 0 aliphatic rings. The first-order chi connectivity index (χ1) is 11.2. The number of fused-ring (bicyclic) bond motifs is 1. The zero-order chi connectivity index (χ0) is 16.4. The molecule has 3 rings (SSSR count). The third-order valence-corrected chi connectivity index (χ3v) is 3.42. The highest BCUT2D eigenvalue weighted by Crippen LogP contribution is 2.38. The Bertz CT molecular complexity index is 810. The average molecular weight is 313 g/mol. The molecule has 0 saturated heterocycles. The van der Waals surface area contributed by atoms with Gasteiger partial charge < -0.3 is 18.6 Å². The van der Waals surface area contributed by atoms with E-state index in [0.717, 1.165) is 0 Å². The normalized spacial score (nSPS) is 10.6. The van der Waals surface area contributed by atoms with Crippen molar-refractivity contribution in [2.75, 3.05) is 21.3 Å². The molecule has 0 N–H and O–H groups in total. The Morgan fingerprint density at radius 3 is 2.22 bits per heavy atom. The molecule has 118 valence electrons. The Morgan fingerprint density at radius 2 is 1.65 bits per heavy atom. The van der Waals surface area contributed by atoms with Crippen LogP contribution in [0.5, 0.6) is 17.2 Å². The van der Waals surface area contributed by atoms with Crippen molar-refractivity contribution in [3.05, 3.63) is 47.9 Å². The first-order valence-corrected chi connectivity index (χ1v) is 6.88. The maximum atomic E-state index is 12.6. The molecule has 0 radical (unpaired) electrons. The number of rotatable bonds is 5. The number of ketones is 1. The van der Waals surface area contributed by atoms with Crippen molar-refractivity contribution in [2.45, 2.75) is 0 Å².